The van der Waals surface area contributed by atoms with E-state index in [4.69, 9.17) is 9.26 Å². The summed E-state index contributed by atoms with van der Waals surface area (Å²) in [4.78, 5) is 6.77. The third kappa shape index (κ3) is 6.75. The van der Waals surface area contributed by atoms with Crippen molar-refractivity contribution in [2.45, 2.75) is 58.0 Å². The van der Waals surface area contributed by atoms with Crippen LogP contribution in [-0.4, -0.2) is 44.4 Å². The van der Waals surface area contributed by atoms with Gasteiger partial charge in [0.25, 0.3) is 0 Å². The van der Waals surface area contributed by atoms with E-state index in [9.17, 15) is 0 Å². The molecular formula is C23H36IN5O2. The van der Waals surface area contributed by atoms with Gasteiger partial charge < -0.3 is 24.8 Å². The van der Waals surface area contributed by atoms with Crippen LogP contribution in [0.15, 0.2) is 39.8 Å². The largest absolute Gasteiger partial charge is 0.495 e. The van der Waals surface area contributed by atoms with Crippen molar-refractivity contribution in [2.75, 3.05) is 32.1 Å². The van der Waals surface area contributed by atoms with Gasteiger partial charge in [-0.1, -0.05) is 31.1 Å². The number of nitrogens with one attached hydrogen (secondary N) is 2. The van der Waals surface area contributed by atoms with E-state index in [1.54, 1.807) is 14.2 Å². The number of aliphatic imine (C=N–C) groups is 1. The second-order valence-electron chi connectivity index (χ2n) is 7.76. The van der Waals surface area contributed by atoms with E-state index in [1.165, 1.54) is 0 Å². The topological polar surface area (TPSA) is 74.9 Å². The molecule has 2 aromatic rings. The summed E-state index contributed by atoms with van der Waals surface area (Å²) in [6.45, 7) is 6.87. The molecule has 8 heteroatoms. The Balaban J connectivity index is 0.00000341. The Labute approximate surface area is 203 Å². The number of para-hydroxylation sites is 2. The van der Waals surface area contributed by atoms with Crippen molar-refractivity contribution in [3.63, 3.8) is 0 Å². The first-order chi connectivity index (χ1) is 14.7. The molecule has 0 bridgehead atoms. The van der Waals surface area contributed by atoms with Gasteiger partial charge in [-0.3, -0.25) is 4.99 Å². The van der Waals surface area contributed by atoms with Gasteiger partial charge in [0.15, 0.2) is 11.7 Å². The monoisotopic (exact) mass is 541 g/mol. The molecule has 3 rings (SSSR count). The number of guanidine groups is 1. The lowest BCUT2D eigenvalue weighted by atomic mass is 9.99. The number of piperidine rings is 1. The summed E-state index contributed by atoms with van der Waals surface area (Å²) in [7, 11) is 3.52. The number of nitrogens with zero attached hydrogens (tertiary/aromatic N) is 3. The first-order valence-electron chi connectivity index (χ1n) is 11.0. The van der Waals surface area contributed by atoms with Gasteiger partial charge in [-0.2, -0.15) is 0 Å². The zero-order valence-corrected chi connectivity index (χ0v) is 21.4. The highest BCUT2D eigenvalue weighted by Gasteiger charge is 2.23. The Morgan fingerprint density at radius 3 is 2.81 bits per heavy atom. The van der Waals surface area contributed by atoms with E-state index in [2.05, 4.69) is 57.7 Å². The second-order valence-corrected chi connectivity index (χ2v) is 7.76. The van der Waals surface area contributed by atoms with Gasteiger partial charge in [-0.15, -0.1) is 24.0 Å². The molecule has 172 valence electrons. The summed E-state index contributed by atoms with van der Waals surface area (Å²) < 4.78 is 11.1. The van der Waals surface area contributed by atoms with E-state index < -0.39 is 0 Å². The van der Waals surface area contributed by atoms with Crippen LogP contribution in [0, 0.1) is 0 Å². The number of rotatable bonds is 8. The third-order valence-corrected chi connectivity index (χ3v) is 5.82. The minimum absolute atomic E-state index is 0. The lowest BCUT2D eigenvalue weighted by molar-refractivity contribution is 0.367. The van der Waals surface area contributed by atoms with Gasteiger partial charge in [0.05, 0.1) is 25.0 Å². The first-order valence-corrected chi connectivity index (χ1v) is 11.0. The normalized spacial score (nSPS) is 16.7. The maximum atomic E-state index is 5.54. The minimum atomic E-state index is 0. The van der Waals surface area contributed by atoms with Gasteiger partial charge in [-0.25, -0.2) is 0 Å². The minimum Gasteiger partial charge on any atom is -0.495 e. The molecule has 1 aliphatic heterocycles. The van der Waals surface area contributed by atoms with Crippen LogP contribution >= 0.6 is 24.0 Å². The molecule has 2 N–H and O–H groups in total. The van der Waals surface area contributed by atoms with Crippen molar-refractivity contribution in [1.29, 1.82) is 0 Å². The van der Waals surface area contributed by atoms with Crippen LogP contribution in [0.2, 0.25) is 0 Å². The molecule has 0 amide bonds. The van der Waals surface area contributed by atoms with E-state index in [0.717, 1.165) is 67.6 Å². The number of aromatic nitrogens is 1. The summed E-state index contributed by atoms with van der Waals surface area (Å²) in [5.74, 6) is 2.99. The highest BCUT2D eigenvalue weighted by atomic mass is 127. The number of anilines is 1. The zero-order valence-electron chi connectivity index (χ0n) is 19.1. The molecule has 0 aliphatic carbocycles. The van der Waals surface area contributed by atoms with Crippen molar-refractivity contribution < 1.29 is 9.26 Å². The highest BCUT2D eigenvalue weighted by molar-refractivity contribution is 14.0. The van der Waals surface area contributed by atoms with Gasteiger partial charge in [0.2, 0.25) is 0 Å². The molecular weight excluding hydrogens is 505 g/mol. The Morgan fingerprint density at radius 1 is 1.32 bits per heavy atom. The van der Waals surface area contributed by atoms with E-state index in [1.807, 2.05) is 12.1 Å². The van der Waals surface area contributed by atoms with Crippen LogP contribution in [0.4, 0.5) is 5.69 Å². The summed E-state index contributed by atoms with van der Waals surface area (Å²) >= 11 is 0. The van der Waals surface area contributed by atoms with Crippen molar-refractivity contribution in [1.82, 2.24) is 15.8 Å². The van der Waals surface area contributed by atoms with Gasteiger partial charge in [0, 0.05) is 38.2 Å². The van der Waals surface area contributed by atoms with Gasteiger partial charge in [-0.05, 0) is 37.8 Å². The average molecular weight is 541 g/mol. The van der Waals surface area contributed by atoms with Crippen molar-refractivity contribution in [3.05, 3.63) is 41.8 Å². The van der Waals surface area contributed by atoms with Crippen LogP contribution in [0.1, 0.15) is 56.9 Å². The Bertz CT molecular complexity index is 822. The second kappa shape index (κ2) is 12.8. The number of ether oxygens (including phenoxy) is 1. The van der Waals surface area contributed by atoms with Crippen molar-refractivity contribution >= 4 is 35.6 Å². The maximum Gasteiger partial charge on any atom is 0.191 e. The fourth-order valence-electron chi connectivity index (χ4n) is 4.08. The van der Waals surface area contributed by atoms with E-state index in [-0.39, 0.29) is 24.0 Å². The fraction of sp³-hybridized carbons (Fsp3) is 0.565. The van der Waals surface area contributed by atoms with Crippen molar-refractivity contribution in [3.8, 4) is 5.75 Å². The van der Waals surface area contributed by atoms with Crippen LogP contribution in [0.25, 0.3) is 0 Å². The molecule has 2 heterocycles. The number of methoxy groups -OCH3 is 1. The van der Waals surface area contributed by atoms with E-state index >= 15 is 0 Å². The summed E-state index contributed by atoms with van der Waals surface area (Å²) in [6, 6.07) is 10.6. The summed E-state index contributed by atoms with van der Waals surface area (Å²) in [6.07, 6.45) is 4.37. The molecule has 1 atom stereocenters. The standard InChI is InChI=1S/C23H35N5O2.HI/c1-5-17(6-2)20-14-19(30-27-20)15-25-23(24-3)26-18-10-9-13-28(16-18)21-11-7-8-12-22(21)29-4;/h7-8,11-12,14,17-18H,5-6,9-10,13,15-16H2,1-4H3,(H2,24,25,26);1H. The Morgan fingerprint density at radius 2 is 2.10 bits per heavy atom. The molecule has 31 heavy (non-hydrogen) atoms. The smallest absolute Gasteiger partial charge is 0.191 e. The number of hydrogen-bond donors (Lipinski definition) is 2. The molecule has 0 spiro atoms. The molecule has 1 aromatic carbocycles. The molecule has 0 saturated carbocycles. The fourth-order valence-corrected chi connectivity index (χ4v) is 4.08. The van der Waals surface area contributed by atoms with Crippen LogP contribution in [0.5, 0.6) is 5.75 Å². The molecule has 7 nitrogen and oxygen atoms in total. The lowest BCUT2D eigenvalue weighted by Crippen LogP contribution is -2.51. The SMILES string of the molecule is CCC(CC)c1cc(CNC(=NC)NC2CCCN(c3ccccc3OC)C2)on1.I. The van der Waals surface area contributed by atoms with Gasteiger partial charge in [0.1, 0.15) is 5.75 Å². The van der Waals surface area contributed by atoms with E-state index in [0.29, 0.717) is 18.5 Å². The molecule has 1 aliphatic rings. The third-order valence-electron chi connectivity index (χ3n) is 5.82. The molecule has 1 saturated heterocycles. The number of benzene rings is 1. The van der Waals surface area contributed by atoms with Crippen LogP contribution < -0.4 is 20.3 Å². The maximum absolute atomic E-state index is 5.54. The lowest BCUT2D eigenvalue weighted by Gasteiger charge is -2.36. The Hall–Kier alpha value is -1.97. The van der Waals surface area contributed by atoms with Gasteiger partial charge >= 0.3 is 0 Å². The predicted molar refractivity (Wildman–Crippen MR) is 137 cm³/mol. The average Bonchev–Trinajstić information content (AvgIpc) is 3.26. The molecule has 1 fully saturated rings. The first kappa shape index (κ1) is 25.3. The Kier molecular flexibility index (Phi) is 10.4. The quantitative estimate of drug-likeness (QED) is 0.291. The summed E-state index contributed by atoms with van der Waals surface area (Å²) in [5, 5.41) is 11.2. The number of halogens is 1. The predicted octanol–water partition coefficient (Wildman–Crippen LogP) is 4.54. The van der Waals surface area contributed by atoms with Crippen LogP contribution in [-0.2, 0) is 6.54 Å². The summed E-state index contributed by atoms with van der Waals surface area (Å²) in [5.41, 5.74) is 2.18. The molecule has 1 unspecified atom stereocenters. The molecule has 0 radical (unpaired) electrons. The van der Waals surface area contributed by atoms with Crippen molar-refractivity contribution in [2.24, 2.45) is 4.99 Å². The molecule has 1 aromatic heterocycles. The highest BCUT2D eigenvalue weighted by Crippen LogP contribution is 2.29. The number of hydrogen-bond acceptors (Lipinski definition) is 5. The van der Waals surface area contributed by atoms with Crippen LogP contribution in [0.3, 0.4) is 0 Å². The zero-order chi connectivity index (χ0) is 21.3.